The first-order chi connectivity index (χ1) is 13.7. The fourth-order valence-electron chi connectivity index (χ4n) is 2.55. The van der Waals surface area contributed by atoms with Crippen LogP contribution in [0.5, 0.6) is 11.6 Å². The highest BCUT2D eigenvalue weighted by molar-refractivity contribution is 5.80. The lowest BCUT2D eigenvalue weighted by Crippen LogP contribution is -2.16. The Balaban J connectivity index is 1.93. The molecule has 10 heteroatoms. The highest BCUT2D eigenvalue weighted by atomic mass is 19.4. The number of anilines is 1. The number of alkyl halides is 3. The fraction of sp³-hybridized carbons (Fsp3) is 0.0526. The van der Waals surface area contributed by atoms with Gasteiger partial charge in [-0.1, -0.05) is 12.1 Å². The molecule has 7 nitrogen and oxygen atoms in total. The van der Waals surface area contributed by atoms with E-state index >= 15 is 0 Å². The van der Waals surface area contributed by atoms with Crippen molar-refractivity contribution < 1.29 is 17.9 Å². The van der Waals surface area contributed by atoms with Gasteiger partial charge in [-0.05, 0) is 23.8 Å². The number of rotatable bonds is 3. The number of hydrogen-bond donors (Lipinski definition) is 2. The van der Waals surface area contributed by atoms with Crippen LogP contribution in [0.15, 0.2) is 47.4 Å². The van der Waals surface area contributed by atoms with Gasteiger partial charge in [-0.2, -0.15) is 23.7 Å². The largest absolute Gasteiger partial charge is 0.439 e. The molecule has 2 aromatic heterocycles. The first-order valence-electron chi connectivity index (χ1n) is 7.92. The van der Waals surface area contributed by atoms with Crippen molar-refractivity contribution in [1.82, 2.24) is 9.97 Å². The Morgan fingerprint density at radius 3 is 2.21 bits per heavy atom. The van der Waals surface area contributed by atoms with Crippen molar-refractivity contribution in [1.29, 1.82) is 10.5 Å². The molecule has 0 aliphatic carbocycles. The predicted molar refractivity (Wildman–Crippen MR) is 95.7 cm³/mol. The molecule has 144 valence electrons. The number of nitrogen functional groups attached to an aromatic ring is 1. The first-order valence-corrected chi connectivity index (χ1v) is 7.92. The van der Waals surface area contributed by atoms with Gasteiger partial charge in [0.25, 0.3) is 5.56 Å². The summed E-state index contributed by atoms with van der Waals surface area (Å²) in [6.45, 7) is 0. The van der Waals surface area contributed by atoms with Gasteiger partial charge in [0.15, 0.2) is 0 Å². The topological polar surface area (TPSA) is 129 Å². The molecule has 3 aromatic rings. The van der Waals surface area contributed by atoms with E-state index in [1.54, 1.807) is 6.07 Å². The van der Waals surface area contributed by atoms with Crippen LogP contribution in [0.4, 0.5) is 19.0 Å². The molecule has 2 heterocycles. The predicted octanol–water partition coefficient (Wildman–Crippen LogP) is 3.57. The summed E-state index contributed by atoms with van der Waals surface area (Å²) in [5.41, 5.74) is 4.15. The molecule has 0 aliphatic rings. The number of nitrogens with zero attached hydrogens (tertiary/aromatic N) is 3. The minimum Gasteiger partial charge on any atom is -0.439 e. The minimum atomic E-state index is -4.50. The summed E-state index contributed by atoms with van der Waals surface area (Å²) in [6.07, 6.45) is -3.85. The molecule has 0 aliphatic heterocycles. The molecule has 3 rings (SSSR count). The van der Waals surface area contributed by atoms with E-state index in [4.69, 9.17) is 10.5 Å². The molecule has 0 radical (unpaired) electrons. The zero-order chi connectivity index (χ0) is 21.2. The lowest BCUT2D eigenvalue weighted by Gasteiger charge is -2.10. The Labute approximate surface area is 161 Å². The van der Waals surface area contributed by atoms with Crippen molar-refractivity contribution in [2.45, 2.75) is 6.18 Å². The second-order valence-corrected chi connectivity index (χ2v) is 5.73. The molecule has 0 unspecified atom stereocenters. The van der Waals surface area contributed by atoms with Crippen LogP contribution < -0.4 is 16.0 Å². The number of hydrogen-bond acceptors (Lipinski definition) is 6. The van der Waals surface area contributed by atoms with Gasteiger partial charge in [-0.15, -0.1) is 0 Å². The maximum absolute atomic E-state index is 12.6. The number of aromatic amines is 1. The summed E-state index contributed by atoms with van der Waals surface area (Å²) < 4.78 is 43.1. The molecular formula is C19H10F3N5O2. The third-order valence-electron chi connectivity index (χ3n) is 3.90. The van der Waals surface area contributed by atoms with Crippen LogP contribution in [0.3, 0.4) is 0 Å². The van der Waals surface area contributed by atoms with Gasteiger partial charge in [0.2, 0.25) is 5.88 Å². The van der Waals surface area contributed by atoms with Crippen LogP contribution in [0, 0.1) is 22.7 Å². The Morgan fingerprint density at radius 2 is 1.69 bits per heavy atom. The van der Waals surface area contributed by atoms with Crippen molar-refractivity contribution in [2.24, 2.45) is 0 Å². The number of aromatic nitrogens is 2. The average molecular weight is 397 g/mol. The molecule has 0 amide bonds. The Morgan fingerprint density at radius 1 is 1.03 bits per heavy atom. The van der Waals surface area contributed by atoms with E-state index < -0.39 is 17.3 Å². The van der Waals surface area contributed by atoms with E-state index in [0.29, 0.717) is 11.8 Å². The van der Waals surface area contributed by atoms with Crippen molar-refractivity contribution in [3.05, 3.63) is 69.6 Å². The zero-order valence-corrected chi connectivity index (χ0v) is 14.4. The van der Waals surface area contributed by atoms with Crippen molar-refractivity contribution >= 4 is 5.82 Å². The minimum absolute atomic E-state index is 0.0541. The van der Waals surface area contributed by atoms with Gasteiger partial charge in [-0.25, -0.2) is 4.98 Å². The Hall–Kier alpha value is -4.31. The van der Waals surface area contributed by atoms with Gasteiger partial charge in [0.05, 0.1) is 5.56 Å². The van der Waals surface area contributed by atoms with Gasteiger partial charge < -0.3 is 15.5 Å². The number of pyridine rings is 2. The van der Waals surface area contributed by atoms with Crippen LogP contribution in [0.25, 0.3) is 11.1 Å². The molecule has 1 aromatic carbocycles. The summed E-state index contributed by atoms with van der Waals surface area (Å²) in [6, 6.07) is 11.4. The van der Waals surface area contributed by atoms with Crippen molar-refractivity contribution in [3.8, 4) is 34.9 Å². The number of nitrogens with two attached hydrogens (primary N) is 1. The molecule has 29 heavy (non-hydrogen) atoms. The molecule has 0 spiro atoms. The smallest absolute Gasteiger partial charge is 0.417 e. The molecule has 0 atom stereocenters. The van der Waals surface area contributed by atoms with Crippen LogP contribution in [-0.2, 0) is 6.18 Å². The van der Waals surface area contributed by atoms with E-state index in [-0.39, 0.29) is 34.1 Å². The molecule has 0 fully saturated rings. The highest BCUT2D eigenvalue weighted by Gasteiger charge is 2.30. The van der Waals surface area contributed by atoms with Crippen LogP contribution >= 0.6 is 0 Å². The third-order valence-corrected chi connectivity index (χ3v) is 3.90. The Kier molecular flexibility index (Phi) is 4.94. The van der Waals surface area contributed by atoms with E-state index in [2.05, 4.69) is 9.97 Å². The van der Waals surface area contributed by atoms with E-state index in [1.807, 2.05) is 6.07 Å². The van der Waals surface area contributed by atoms with Gasteiger partial charge in [0.1, 0.15) is 34.8 Å². The summed E-state index contributed by atoms with van der Waals surface area (Å²) >= 11 is 0. The maximum atomic E-state index is 12.6. The van der Waals surface area contributed by atoms with Crippen LogP contribution in [0.2, 0.25) is 0 Å². The van der Waals surface area contributed by atoms with Gasteiger partial charge in [-0.3, -0.25) is 4.79 Å². The van der Waals surface area contributed by atoms with Crippen molar-refractivity contribution in [2.75, 3.05) is 5.73 Å². The molecular weight excluding hydrogens is 387 g/mol. The second kappa shape index (κ2) is 7.37. The number of H-pyrrole nitrogens is 1. The monoisotopic (exact) mass is 397 g/mol. The number of nitrogens with one attached hydrogen (secondary N) is 1. The van der Waals surface area contributed by atoms with E-state index in [1.165, 1.54) is 24.3 Å². The standard InChI is InChI=1S/C19H10F3N5O2/c20-19(21,22)11-3-6-15(26-9-11)29-12-4-1-10(2-5-12)16-13(7-23)17(25)27-18(28)14(16)8-24/h1-6,9H,(H3,25,27,28). The summed E-state index contributed by atoms with van der Waals surface area (Å²) in [5.74, 6) is 0.0261. The SMILES string of the molecule is N#Cc1c(N)[nH]c(=O)c(C#N)c1-c1ccc(Oc2ccc(C(F)(F)F)cn2)cc1. The molecule has 3 N–H and O–H groups in total. The fourth-order valence-corrected chi connectivity index (χ4v) is 2.55. The number of ether oxygens (including phenoxy) is 1. The number of benzene rings is 1. The van der Waals surface area contributed by atoms with Crippen LogP contribution in [-0.4, -0.2) is 9.97 Å². The molecule has 0 saturated heterocycles. The van der Waals surface area contributed by atoms with Crippen molar-refractivity contribution in [3.63, 3.8) is 0 Å². The first kappa shape index (κ1) is 19.5. The average Bonchev–Trinajstić information content (AvgIpc) is 2.68. The summed E-state index contributed by atoms with van der Waals surface area (Å²) in [4.78, 5) is 17.8. The zero-order valence-electron chi connectivity index (χ0n) is 14.4. The molecule has 0 saturated carbocycles. The van der Waals surface area contributed by atoms with Crippen LogP contribution in [0.1, 0.15) is 16.7 Å². The van der Waals surface area contributed by atoms with E-state index in [9.17, 15) is 28.5 Å². The lowest BCUT2D eigenvalue weighted by atomic mass is 9.97. The normalized spacial score (nSPS) is 10.8. The number of halogens is 3. The lowest BCUT2D eigenvalue weighted by molar-refractivity contribution is -0.137. The summed E-state index contributed by atoms with van der Waals surface area (Å²) in [7, 11) is 0. The summed E-state index contributed by atoms with van der Waals surface area (Å²) in [5, 5.41) is 18.6. The van der Waals surface area contributed by atoms with Gasteiger partial charge >= 0.3 is 6.18 Å². The third kappa shape index (κ3) is 3.87. The quantitative estimate of drug-likeness (QED) is 0.695. The number of nitriles is 2. The van der Waals surface area contributed by atoms with Gasteiger partial charge in [0, 0.05) is 17.8 Å². The maximum Gasteiger partial charge on any atom is 0.417 e. The second-order valence-electron chi connectivity index (χ2n) is 5.73. The highest BCUT2D eigenvalue weighted by Crippen LogP contribution is 2.32. The Bertz CT molecular complexity index is 1200. The van der Waals surface area contributed by atoms with E-state index in [0.717, 1.165) is 12.1 Å². The molecule has 0 bridgehead atoms.